The standard InChI is InChI=1S/C34H46O9/c1-20(35)41-30-29(21-10-13-27(38)40-19-21)33(3)17-15-24-25(34(33)31(30)43-34)12-11-22-18-23(14-16-32(22,24)2)42-28(39)9-7-5-4-6-8-26(36)37/h10,13,19,22-25,29-31H,4-9,11-12,14-18H2,1-3H3,(H,36,37)/t22?,23?,24-,25+,29-,30?,31?,32-,33+,34+/m0/s1. The molecule has 1 spiro atoms. The smallest absolute Gasteiger partial charge is 0.335 e. The molecule has 1 saturated heterocycles. The van der Waals surface area contributed by atoms with Crippen LogP contribution in [0.25, 0.3) is 0 Å². The number of carbonyl (C=O) groups excluding carboxylic acids is 2. The third-order valence-corrected chi connectivity index (χ3v) is 12.3. The molecule has 4 saturated carbocycles. The number of carboxylic acid groups (broad SMARTS) is 1. The molecule has 5 fully saturated rings. The second kappa shape index (κ2) is 11.4. The summed E-state index contributed by atoms with van der Waals surface area (Å²) < 4.78 is 23.9. The van der Waals surface area contributed by atoms with Crippen LogP contribution >= 0.6 is 0 Å². The Morgan fingerprint density at radius 1 is 0.953 bits per heavy atom. The van der Waals surface area contributed by atoms with Gasteiger partial charge >= 0.3 is 23.5 Å². The van der Waals surface area contributed by atoms with Crippen molar-refractivity contribution in [2.45, 2.75) is 134 Å². The van der Waals surface area contributed by atoms with Gasteiger partial charge in [0.25, 0.3) is 0 Å². The number of hydrogen-bond donors (Lipinski definition) is 1. The zero-order valence-corrected chi connectivity index (χ0v) is 25.7. The van der Waals surface area contributed by atoms with Crippen LogP contribution in [0.2, 0.25) is 0 Å². The van der Waals surface area contributed by atoms with E-state index in [1.54, 1.807) is 6.26 Å². The van der Waals surface area contributed by atoms with Crippen molar-refractivity contribution < 1.29 is 38.1 Å². The lowest BCUT2D eigenvalue weighted by Crippen LogP contribution is -2.58. The van der Waals surface area contributed by atoms with E-state index in [4.69, 9.17) is 23.7 Å². The third kappa shape index (κ3) is 5.13. The second-order valence-electron chi connectivity index (χ2n) is 14.4. The average molecular weight is 599 g/mol. The lowest BCUT2D eigenvalue weighted by atomic mass is 9.44. The maximum Gasteiger partial charge on any atom is 0.335 e. The molecular weight excluding hydrogens is 552 g/mol. The van der Waals surface area contributed by atoms with Crippen LogP contribution in [0.1, 0.15) is 116 Å². The fourth-order valence-electron chi connectivity index (χ4n) is 10.3. The topological polar surface area (TPSA) is 133 Å². The summed E-state index contributed by atoms with van der Waals surface area (Å²) in [5.74, 6) is 0.00291. The Morgan fingerprint density at radius 2 is 1.72 bits per heavy atom. The van der Waals surface area contributed by atoms with E-state index < -0.39 is 17.7 Å². The SMILES string of the molecule is CC(=O)OC1C2O[C@]23[C@@H]2CCC4CC(OC(=O)CCCCCCC(=O)O)CC[C@]4(C)[C@H]2CC[C@]3(C)[C@H]1c1ccc(=O)oc1. The molecule has 0 amide bonds. The van der Waals surface area contributed by atoms with Gasteiger partial charge in [-0.15, -0.1) is 0 Å². The number of epoxide rings is 1. The van der Waals surface area contributed by atoms with Crippen LogP contribution in [0, 0.1) is 28.6 Å². The minimum Gasteiger partial charge on any atom is -0.481 e. The van der Waals surface area contributed by atoms with E-state index in [1.165, 1.54) is 13.0 Å². The molecule has 5 aliphatic rings. The van der Waals surface area contributed by atoms with Crippen molar-refractivity contribution in [3.05, 3.63) is 34.4 Å². The number of fused-ring (bicyclic) bond motifs is 3. The number of carbonyl (C=O) groups is 3. The van der Waals surface area contributed by atoms with Crippen LogP contribution in [-0.4, -0.2) is 46.9 Å². The van der Waals surface area contributed by atoms with E-state index >= 15 is 0 Å². The van der Waals surface area contributed by atoms with Crippen LogP contribution < -0.4 is 5.63 Å². The van der Waals surface area contributed by atoms with E-state index in [0.29, 0.717) is 30.6 Å². The Kier molecular flexibility index (Phi) is 8.01. The van der Waals surface area contributed by atoms with Gasteiger partial charge in [0.05, 0.1) is 6.26 Å². The quantitative estimate of drug-likeness (QED) is 0.202. The number of rotatable bonds is 10. The van der Waals surface area contributed by atoms with Gasteiger partial charge in [-0.3, -0.25) is 14.4 Å². The van der Waals surface area contributed by atoms with Crippen LogP contribution in [0.3, 0.4) is 0 Å². The van der Waals surface area contributed by atoms with E-state index in [0.717, 1.165) is 69.8 Å². The van der Waals surface area contributed by atoms with E-state index in [1.807, 2.05) is 6.07 Å². The predicted octanol–water partition coefficient (Wildman–Crippen LogP) is 5.78. The van der Waals surface area contributed by atoms with Crippen molar-refractivity contribution in [3.8, 4) is 0 Å². The predicted molar refractivity (Wildman–Crippen MR) is 155 cm³/mol. The first kappa shape index (κ1) is 30.4. The van der Waals surface area contributed by atoms with Gasteiger partial charge in [-0.05, 0) is 92.6 Å². The van der Waals surface area contributed by atoms with Gasteiger partial charge in [-0.25, -0.2) is 4.79 Å². The molecule has 0 radical (unpaired) electrons. The van der Waals surface area contributed by atoms with Crippen molar-refractivity contribution >= 4 is 17.9 Å². The molecule has 1 N–H and O–H groups in total. The molecule has 9 heteroatoms. The van der Waals surface area contributed by atoms with Gasteiger partial charge in [-0.1, -0.05) is 26.7 Å². The molecule has 9 nitrogen and oxygen atoms in total. The summed E-state index contributed by atoms with van der Waals surface area (Å²) in [6.07, 6.45) is 11.5. The number of ether oxygens (including phenoxy) is 3. The third-order valence-electron chi connectivity index (χ3n) is 12.3. The highest BCUT2D eigenvalue weighted by atomic mass is 16.7. The highest BCUT2D eigenvalue weighted by Crippen LogP contribution is 2.78. The molecular formula is C34H46O9. The van der Waals surface area contributed by atoms with E-state index in [-0.39, 0.29) is 52.9 Å². The minimum atomic E-state index is -0.772. The monoisotopic (exact) mass is 598 g/mol. The summed E-state index contributed by atoms with van der Waals surface area (Å²) in [5.41, 5.74) is 0.0266. The van der Waals surface area contributed by atoms with Crippen molar-refractivity contribution in [1.82, 2.24) is 0 Å². The number of unbranched alkanes of at least 4 members (excludes halogenated alkanes) is 3. The van der Waals surface area contributed by atoms with Crippen molar-refractivity contribution in [3.63, 3.8) is 0 Å². The first-order chi connectivity index (χ1) is 20.5. The van der Waals surface area contributed by atoms with Gasteiger partial charge in [0.1, 0.15) is 23.9 Å². The Balaban J connectivity index is 1.12. The van der Waals surface area contributed by atoms with Crippen LogP contribution in [0.5, 0.6) is 0 Å². The van der Waals surface area contributed by atoms with E-state index in [9.17, 15) is 19.2 Å². The first-order valence-corrected chi connectivity index (χ1v) is 16.3. The highest BCUT2D eigenvalue weighted by molar-refractivity contribution is 5.69. The molecule has 4 aliphatic carbocycles. The van der Waals surface area contributed by atoms with E-state index in [2.05, 4.69) is 13.8 Å². The molecule has 2 heterocycles. The highest BCUT2D eigenvalue weighted by Gasteiger charge is 2.84. The summed E-state index contributed by atoms with van der Waals surface area (Å²) >= 11 is 0. The molecule has 6 rings (SSSR count). The number of aliphatic carboxylic acids is 1. The summed E-state index contributed by atoms with van der Waals surface area (Å²) in [5, 5.41) is 8.76. The minimum absolute atomic E-state index is 0.0389. The summed E-state index contributed by atoms with van der Waals surface area (Å²) in [6.45, 7) is 6.19. The largest absolute Gasteiger partial charge is 0.481 e. The molecule has 1 aliphatic heterocycles. The second-order valence-corrected chi connectivity index (χ2v) is 14.4. The van der Waals surface area contributed by atoms with Crippen molar-refractivity contribution in [2.24, 2.45) is 28.6 Å². The van der Waals surface area contributed by atoms with Gasteiger partial charge in [0, 0.05) is 37.2 Å². The molecule has 0 bridgehead atoms. The van der Waals surface area contributed by atoms with Gasteiger partial charge < -0.3 is 23.7 Å². The van der Waals surface area contributed by atoms with Gasteiger partial charge in [0.15, 0.2) is 0 Å². The number of carboxylic acids is 1. The zero-order valence-electron chi connectivity index (χ0n) is 25.7. The number of esters is 2. The first-order valence-electron chi connectivity index (χ1n) is 16.3. The average Bonchev–Trinajstić information content (AvgIpc) is 3.66. The fraction of sp³-hybridized carbons (Fsp3) is 0.765. The van der Waals surface area contributed by atoms with Crippen LogP contribution in [0.4, 0.5) is 0 Å². The molecule has 0 aromatic carbocycles. The van der Waals surface area contributed by atoms with Crippen LogP contribution in [-0.2, 0) is 28.6 Å². The Labute approximate surface area is 253 Å². The summed E-state index contributed by atoms with van der Waals surface area (Å²) in [7, 11) is 0. The molecule has 1 aromatic rings. The maximum atomic E-state index is 12.6. The Morgan fingerprint density at radius 3 is 2.42 bits per heavy atom. The Bertz CT molecular complexity index is 1280. The molecule has 236 valence electrons. The van der Waals surface area contributed by atoms with Crippen LogP contribution in [0.15, 0.2) is 27.6 Å². The molecule has 43 heavy (non-hydrogen) atoms. The lowest BCUT2D eigenvalue weighted by molar-refractivity contribution is -0.168. The zero-order chi connectivity index (χ0) is 30.6. The van der Waals surface area contributed by atoms with Gasteiger partial charge in [-0.2, -0.15) is 0 Å². The molecule has 4 unspecified atom stereocenters. The van der Waals surface area contributed by atoms with Crippen molar-refractivity contribution in [1.29, 1.82) is 0 Å². The summed E-state index contributed by atoms with van der Waals surface area (Å²) in [4.78, 5) is 47.3. The van der Waals surface area contributed by atoms with Crippen molar-refractivity contribution in [2.75, 3.05) is 0 Å². The fourth-order valence-corrected chi connectivity index (χ4v) is 10.3. The summed E-state index contributed by atoms with van der Waals surface area (Å²) in [6, 6.07) is 3.27. The normalized spacial score (nSPS) is 40.8. The Hall–Kier alpha value is -2.68. The molecule has 1 aromatic heterocycles. The lowest BCUT2D eigenvalue weighted by Gasteiger charge is -2.61. The maximum absolute atomic E-state index is 12.6. The van der Waals surface area contributed by atoms with Gasteiger partial charge in [0.2, 0.25) is 0 Å². The molecule has 10 atom stereocenters. The number of hydrogen-bond acceptors (Lipinski definition) is 8.